The lowest BCUT2D eigenvalue weighted by atomic mass is 9.43. The van der Waals surface area contributed by atoms with Gasteiger partial charge in [-0.15, -0.1) is 0 Å². The number of hydrogen-bond donors (Lipinski definition) is 0. The van der Waals surface area contributed by atoms with Gasteiger partial charge < -0.3 is 4.74 Å². The highest BCUT2D eigenvalue weighted by atomic mass is 17.2. The highest BCUT2D eigenvalue weighted by Crippen LogP contribution is 2.65. The second-order valence-corrected chi connectivity index (χ2v) is 6.80. The summed E-state index contributed by atoms with van der Waals surface area (Å²) >= 11 is 0. The van der Waals surface area contributed by atoms with E-state index >= 15 is 0 Å². The molecular formula is C16H28O3. The average Bonchev–Trinajstić information content (AvgIpc) is 2.34. The fraction of sp³-hybridized carbons (Fsp3) is 0.875. The molecule has 0 radical (unpaired) electrons. The van der Waals surface area contributed by atoms with Crippen molar-refractivity contribution in [2.24, 2.45) is 17.3 Å². The van der Waals surface area contributed by atoms with Gasteiger partial charge in [-0.2, -0.15) is 4.89 Å². The summed E-state index contributed by atoms with van der Waals surface area (Å²) in [5.41, 5.74) is 0.882. The summed E-state index contributed by atoms with van der Waals surface area (Å²) in [6.07, 6.45) is 3.19. The molecule has 0 saturated heterocycles. The van der Waals surface area contributed by atoms with Crippen LogP contribution in [-0.4, -0.2) is 18.5 Å². The molecule has 3 aliphatic carbocycles. The molecule has 0 aromatic heterocycles. The lowest BCUT2D eigenvalue weighted by Crippen LogP contribution is -2.68. The summed E-state index contributed by atoms with van der Waals surface area (Å²) in [6.45, 7) is 15.2. The average molecular weight is 268 g/mol. The third-order valence-corrected chi connectivity index (χ3v) is 5.41. The Morgan fingerprint density at radius 1 is 1.37 bits per heavy atom. The van der Waals surface area contributed by atoms with Gasteiger partial charge in [-0.05, 0) is 50.5 Å². The number of fused-ring (bicyclic) bond motifs is 2. The van der Waals surface area contributed by atoms with E-state index in [1.54, 1.807) is 0 Å². The Hall–Kier alpha value is -0.380. The number of rotatable bonds is 6. The predicted molar refractivity (Wildman–Crippen MR) is 75.4 cm³/mol. The van der Waals surface area contributed by atoms with E-state index in [9.17, 15) is 0 Å². The summed E-state index contributed by atoms with van der Waals surface area (Å²) in [4.78, 5) is 11.6. The Bertz CT molecular complexity index is 350. The van der Waals surface area contributed by atoms with E-state index in [1.165, 1.54) is 12.8 Å². The van der Waals surface area contributed by atoms with Crippen LogP contribution >= 0.6 is 0 Å². The summed E-state index contributed by atoms with van der Waals surface area (Å²) in [6, 6.07) is 0. The molecule has 4 unspecified atom stereocenters. The van der Waals surface area contributed by atoms with Crippen LogP contribution in [-0.2, 0) is 14.5 Å². The van der Waals surface area contributed by atoms with E-state index in [2.05, 4.69) is 27.4 Å². The molecule has 4 atom stereocenters. The van der Waals surface area contributed by atoms with Crippen molar-refractivity contribution in [1.29, 1.82) is 0 Å². The number of hydrogen-bond acceptors (Lipinski definition) is 3. The van der Waals surface area contributed by atoms with Crippen LogP contribution in [0.15, 0.2) is 12.2 Å². The molecule has 0 spiro atoms. The fourth-order valence-corrected chi connectivity index (χ4v) is 3.84. The maximum absolute atomic E-state index is 5.95. The molecule has 110 valence electrons. The largest absolute Gasteiger partial charge is 0.347 e. The van der Waals surface area contributed by atoms with Crippen molar-refractivity contribution < 1.29 is 14.5 Å². The highest BCUT2D eigenvalue weighted by Gasteiger charge is 2.67. The third-order valence-electron chi connectivity index (χ3n) is 5.41. The first-order valence-electron chi connectivity index (χ1n) is 7.46. The Labute approximate surface area is 117 Å². The molecule has 19 heavy (non-hydrogen) atoms. The standard InChI is InChI=1S/C16H28O3/c1-7-17-14(11(2)3)18-19-16-10-13(15(16,5)6)9-8-12(16)4/h12-14H,2,7-10H2,1,3-6H3. The van der Waals surface area contributed by atoms with E-state index in [1.807, 2.05) is 13.8 Å². The molecule has 3 saturated carbocycles. The Balaban J connectivity index is 2.03. The molecule has 0 N–H and O–H groups in total. The molecule has 3 fully saturated rings. The van der Waals surface area contributed by atoms with Crippen LogP contribution in [0, 0.1) is 17.3 Å². The van der Waals surface area contributed by atoms with E-state index in [4.69, 9.17) is 14.5 Å². The highest BCUT2D eigenvalue weighted by molar-refractivity contribution is 5.14. The van der Waals surface area contributed by atoms with E-state index in [0.29, 0.717) is 12.5 Å². The third kappa shape index (κ3) is 2.26. The van der Waals surface area contributed by atoms with Crippen LogP contribution in [0.4, 0.5) is 0 Å². The second-order valence-electron chi connectivity index (χ2n) is 6.80. The van der Waals surface area contributed by atoms with Crippen molar-refractivity contribution in [2.45, 2.75) is 65.8 Å². The van der Waals surface area contributed by atoms with Gasteiger partial charge in [0, 0.05) is 12.0 Å². The lowest BCUT2D eigenvalue weighted by Gasteiger charge is -2.66. The van der Waals surface area contributed by atoms with E-state index in [0.717, 1.165) is 17.9 Å². The Morgan fingerprint density at radius 2 is 2.05 bits per heavy atom. The van der Waals surface area contributed by atoms with Gasteiger partial charge in [-0.25, -0.2) is 4.89 Å². The van der Waals surface area contributed by atoms with Gasteiger partial charge in [-0.1, -0.05) is 27.4 Å². The summed E-state index contributed by atoms with van der Waals surface area (Å²) in [5.74, 6) is 1.29. The van der Waals surface area contributed by atoms with Gasteiger partial charge in [0.05, 0.1) is 0 Å². The lowest BCUT2D eigenvalue weighted by molar-refractivity contribution is -0.475. The van der Waals surface area contributed by atoms with Crippen LogP contribution in [0.5, 0.6) is 0 Å². The van der Waals surface area contributed by atoms with Crippen LogP contribution < -0.4 is 0 Å². The second kappa shape index (κ2) is 5.19. The minimum atomic E-state index is -0.455. The molecular weight excluding hydrogens is 240 g/mol. The normalized spacial score (nSPS) is 37.5. The monoisotopic (exact) mass is 268 g/mol. The topological polar surface area (TPSA) is 27.7 Å². The SMILES string of the molecule is C=C(C)C(OCC)OOC12CC(CCC1C)C2(C)C. The summed E-state index contributed by atoms with van der Waals surface area (Å²) < 4.78 is 5.51. The molecule has 0 aromatic rings. The smallest absolute Gasteiger partial charge is 0.212 e. The Morgan fingerprint density at radius 3 is 2.53 bits per heavy atom. The van der Waals surface area contributed by atoms with Crippen molar-refractivity contribution >= 4 is 0 Å². The fourth-order valence-electron chi connectivity index (χ4n) is 3.84. The molecule has 0 heterocycles. The van der Waals surface area contributed by atoms with Gasteiger partial charge >= 0.3 is 0 Å². The van der Waals surface area contributed by atoms with Gasteiger partial charge in [0.1, 0.15) is 5.60 Å². The molecule has 0 aliphatic heterocycles. The van der Waals surface area contributed by atoms with Crippen LogP contribution in [0.2, 0.25) is 0 Å². The number of ether oxygens (including phenoxy) is 1. The molecule has 0 amide bonds. The summed E-state index contributed by atoms with van der Waals surface area (Å²) in [7, 11) is 0. The zero-order valence-corrected chi connectivity index (χ0v) is 13.0. The maximum Gasteiger partial charge on any atom is 0.212 e. The molecule has 3 nitrogen and oxygen atoms in total. The van der Waals surface area contributed by atoms with E-state index in [-0.39, 0.29) is 11.0 Å². The zero-order valence-electron chi connectivity index (χ0n) is 13.0. The first-order valence-corrected chi connectivity index (χ1v) is 7.46. The van der Waals surface area contributed by atoms with E-state index < -0.39 is 6.29 Å². The van der Waals surface area contributed by atoms with Gasteiger partial charge in [0.2, 0.25) is 6.29 Å². The maximum atomic E-state index is 5.95. The molecule has 2 bridgehead atoms. The van der Waals surface area contributed by atoms with Crippen LogP contribution in [0.1, 0.15) is 53.9 Å². The van der Waals surface area contributed by atoms with Crippen molar-refractivity contribution in [2.75, 3.05) is 6.61 Å². The predicted octanol–water partition coefficient (Wildman–Crippen LogP) is 4.09. The van der Waals surface area contributed by atoms with Crippen LogP contribution in [0.25, 0.3) is 0 Å². The van der Waals surface area contributed by atoms with Gasteiger partial charge in [0.25, 0.3) is 0 Å². The molecule has 3 rings (SSSR count). The quantitative estimate of drug-likeness (QED) is 0.314. The minimum Gasteiger partial charge on any atom is -0.347 e. The van der Waals surface area contributed by atoms with Crippen molar-refractivity contribution in [3.8, 4) is 0 Å². The van der Waals surface area contributed by atoms with Crippen molar-refractivity contribution in [3.63, 3.8) is 0 Å². The molecule has 3 heteroatoms. The molecule has 3 aliphatic rings. The van der Waals surface area contributed by atoms with Crippen molar-refractivity contribution in [1.82, 2.24) is 0 Å². The first-order chi connectivity index (χ1) is 8.85. The van der Waals surface area contributed by atoms with Gasteiger partial charge in [-0.3, -0.25) is 0 Å². The summed E-state index contributed by atoms with van der Waals surface area (Å²) in [5, 5.41) is 0. The molecule has 0 aromatic carbocycles. The van der Waals surface area contributed by atoms with Crippen LogP contribution in [0.3, 0.4) is 0 Å². The van der Waals surface area contributed by atoms with Gasteiger partial charge in [0.15, 0.2) is 0 Å². The zero-order chi connectivity index (χ0) is 14.3. The minimum absolute atomic E-state index is 0.152. The Kier molecular flexibility index (Phi) is 4.10. The first kappa shape index (κ1) is 15.0. The van der Waals surface area contributed by atoms with Crippen molar-refractivity contribution in [3.05, 3.63) is 12.2 Å².